The molecular formula is C20H26N2O4. The van der Waals surface area contributed by atoms with Gasteiger partial charge in [-0.05, 0) is 57.4 Å². The van der Waals surface area contributed by atoms with Gasteiger partial charge < -0.3 is 19.8 Å². The first kappa shape index (κ1) is 19.6. The van der Waals surface area contributed by atoms with Gasteiger partial charge >= 0.3 is 5.97 Å². The van der Waals surface area contributed by atoms with E-state index in [1.54, 1.807) is 13.8 Å². The molecule has 2 aromatic rings. The van der Waals surface area contributed by atoms with Crippen LogP contribution in [-0.4, -0.2) is 36.6 Å². The predicted octanol–water partition coefficient (Wildman–Crippen LogP) is 3.18. The van der Waals surface area contributed by atoms with Gasteiger partial charge in [0, 0.05) is 12.2 Å². The molecule has 0 bridgehead atoms. The topological polar surface area (TPSA) is 80.4 Å². The van der Waals surface area contributed by atoms with Gasteiger partial charge in [0.1, 0.15) is 11.4 Å². The number of benzene rings is 1. The summed E-state index contributed by atoms with van der Waals surface area (Å²) in [6.45, 7) is 7.95. The number of rotatable bonds is 7. The summed E-state index contributed by atoms with van der Waals surface area (Å²) >= 11 is 0. The van der Waals surface area contributed by atoms with Crippen molar-refractivity contribution < 1.29 is 19.1 Å². The van der Waals surface area contributed by atoms with Crippen molar-refractivity contribution in [3.8, 4) is 5.75 Å². The molecule has 0 saturated carbocycles. The molecule has 1 aromatic heterocycles. The minimum Gasteiger partial charge on any atom is -0.491 e. The maximum Gasteiger partial charge on any atom is 0.339 e. The lowest BCUT2D eigenvalue weighted by Gasteiger charge is -2.10. The van der Waals surface area contributed by atoms with Crippen molar-refractivity contribution >= 4 is 11.9 Å². The van der Waals surface area contributed by atoms with Crippen LogP contribution in [0.1, 0.15) is 51.5 Å². The number of aromatic amines is 1. The van der Waals surface area contributed by atoms with Crippen LogP contribution < -0.4 is 10.1 Å². The van der Waals surface area contributed by atoms with Crippen LogP contribution in [0, 0.1) is 13.8 Å². The third kappa shape index (κ3) is 4.65. The van der Waals surface area contributed by atoms with Crippen LogP contribution in [0.3, 0.4) is 0 Å². The summed E-state index contributed by atoms with van der Waals surface area (Å²) in [5.41, 5.74) is 3.14. The number of aryl methyl sites for hydroxylation is 1. The van der Waals surface area contributed by atoms with E-state index in [0.717, 1.165) is 11.3 Å². The smallest absolute Gasteiger partial charge is 0.339 e. The van der Waals surface area contributed by atoms with Crippen LogP contribution in [0.15, 0.2) is 24.3 Å². The molecule has 1 heterocycles. The molecule has 0 aliphatic rings. The zero-order valence-corrected chi connectivity index (χ0v) is 15.9. The number of hydrogen-bond donors (Lipinski definition) is 2. The normalized spacial score (nSPS) is 10.7. The van der Waals surface area contributed by atoms with E-state index < -0.39 is 5.97 Å². The standard InChI is InChI=1S/C20H26N2O4/c1-12(2)26-16-8-6-15(7-9-16)10-11-21-19(23)18-13(3)17(14(4)22-18)20(24)25-5/h6-9,12,22H,10-11H2,1-5H3,(H,21,23). The zero-order chi connectivity index (χ0) is 19.3. The summed E-state index contributed by atoms with van der Waals surface area (Å²) in [5, 5.41) is 2.88. The van der Waals surface area contributed by atoms with E-state index in [9.17, 15) is 9.59 Å². The fourth-order valence-corrected chi connectivity index (χ4v) is 2.80. The van der Waals surface area contributed by atoms with Gasteiger partial charge in [-0.25, -0.2) is 4.79 Å². The fourth-order valence-electron chi connectivity index (χ4n) is 2.80. The van der Waals surface area contributed by atoms with E-state index in [2.05, 4.69) is 10.3 Å². The highest BCUT2D eigenvalue weighted by atomic mass is 16.5. The zero-order valence-electron chi connectivity index (χ0n) is 15.9. The molecule has 0 aliphatic heterocycles. The minimum absolute atomic E-state index is 0.141. The van der Waals surface area contributed by atoms with Gasteiger partial charge in [0.2, 0.25) is 0 Å². The SMILES string of the molecule is COC(=O)c1c(C)[nH]c(C(=O)NCCc2ccc(OC(C)C)cc2)c1C. The Kier molecular flexibility index (Phi) is 6.44. The highest BCUT2D eigenvalue weighted by Gasteiger charge is 2.22. The molecule has 140 valence electrons. The largest absolute Gasteiger partial charge is 0.491 e. The number of carbonyl (C=O) groups is 2. The molecule has 6 heteroatoms. The van der Waals surface area contributed by atoms with Crippen LogP contribution >= 0.6 is 0 Å². The van der Waals surface area contributed by atoms with Crippen molar-refractivity contribution in [1.29, 1.82) is 0 Å². The summed E-state index contributed by atoms with van der Waals surface area (Å²) in [4.78, 5) is 27.2. The molecule has 2 rings (SSSR count). The quantitative estimate of drug-likeness (QED) is 0.745. The minimum atomic E-state index is -0.445. The monoisotopic (exact) mass is 358 g/mol. The van der Waals surface area contributed by atoms with Crippen LogP contribution in [0.2, 0.25) is 0 Å². The number of nitrogens with one attached hydrogen (secondary N) is 2. The Hall–Kier alpha value is -2.76. The lowest BCUT2D eigenvalue weighted by Crippen LogP contribution is -2.26. The fraction of sp³-hybridized carbons (Fsp3) is 0.400. The van der Waals surface area contributed by atoms with E-state index in [4.69, 9.17) is 9.47 Å². The molecule has 6 nitrogen and oxygen atoms in total. The summed E-state index contributed by atoms with van der Waals surface area (Å²) in [6.07, 6.45) is 0.846. The highest BCUT2D eigenvalue weighted by molar-refractivity contribution is 6.00. The summed E-state index contributed by atoms with van der Waals surface area (Å²) in [5.74, 6) is 0.153. The second-order valence-electron chi connectivity index (χ2n) is 6.43. The van der Waals surface area contributed by atoms with Gasteiger partial charge in [-0.1, -0.05) is 12.1 Å². The molecule has 2 N–H and O–H groups in total. The Morgan fingerprint density at radius 1 is 1.15 bits per heavy atom. The highest BCUT2D eigenvalue weighted by Crippen LogP contribution is 2.19. The van der Waals surface area contributed by atoms with Crippen molar-refractivity contribution in [2.24, 2.45) is 0 Å². The predicted molar refractivity (Wildman–Crippen MR) is 99.8 cm³/mol. The molecule has 1 aromatic carbocycles. The number of esters is 1. The average molecular weight is 358 g/mol. The van der Waals surface area contributed by atoms with Gasteiger partial charge in [0.15, 0.2) is 0 Å². The molecule has 0 fully saturated rings. The number of aromatic nitrogens is 1. The molecule has 0 radical (unpaired) electrons. The van der Waals surface area contributed by atoms with Crippen molar-refractivity contribution in [3.05, 3.63) is 52.3 Å². The maximum atomic E-state index is 12.4. The van der Waals surface area contributed by atoms with Crippen LogP contribution in [-0.2, 0) is 11.2 Å². The first-order chi connectivity index (χ1) is 12.3. The Morgan fingerprint density at radius 2 is 1.81 bits per heavy atom. The molecule has 0 spiro atoms. The third-order valence-electron chi connectivity index (χ3n) is 4.05. The Bertz CT molecular complexity index is 776. The maximum absolute atomic E-state index is 12.4. The Morgan fingerprint density at radius 3 is 2.38 bits per heavy atom. The summed E-state index contributed by atoms with van der Waals surface area (Å²) in [6, 6.07) is 7.84. The van der Waals surface area contributed by atoms with E-state index in [1.807, 2.05) is 38.1 Å². The van der Waals surface area contributed by atoms with E-state index in [1.165, 1.54) is 7.11 Å². The first-order valence-corrected chi connectivity index (χ1v) is 8.64. The van der Waals surface area contributed by atoms with Crippen molar-refractivity contribution in [2.75, 3.05) is 13.7 Å². The van der Waals surface area contributed by atoms with Gasteiger partial charge in [0.05, 0.1) is 18.8 Å². The second-order valence-corrected chi connectivity index (χ2v) is 6.43. The number of carbonyl (C=O) groups excluding carboxylic acids is 2. The number of ether oxygens (including phenoxy) is 2. The molecule has 1 amide bonds. The average Bonchev–Trinajstić information content (AvgIpc) is 2.90. The van der Waals surface area contributed by atoms with Crippen LogP contribution in [0.4, 0.5) is 0 Å². The molecule has 0 atom stereocenters. The Labute approximate surface area is 153 Å². The summed E-state index contributed by atoms with van der Waals surface area (Å²) in [7, 11) is 1.32. The van der Waals surface area contributed by atoms with Crippen LogP contribution in [0.25, 0.3) is 0 Å². The van der Waals surface area contributed by atoms with Crippen LogP contribution in [0.5, 0.6) is 5.75 Å². The second kappa shape index (κ2) is 8.56. The van der Waals surface area contributed by atoms with Gasteiger partial charge in [-0.2, -0.15) is 0 Å². The van der Waals surface area contributed by atoms with Gasteiger partial charge in [-0.15, -0.1) is 0 Å². The third-order valence-corrected chi connectivity index (χ3v) is 4.05. The molecule has 0 unspecified atom stereocenters. The summed E-state index contributed by atoms with van der Waals surface area (Å²) < 4.78 is 10.4. The molecule has 26 heavy (non-hydrogen) atoms. The van der Waals surface area contributed by atoms with Gasteiger partial charge in [-0.3, -0.25) is 4.79 Å². The number of H-pyrrole nitrogens is 1. The Balaban J connectivity index is 1.94. The lowest BCUT2D eigenvalue weighted by molar-refractivity contribution is 0.0599. The van der Waals surface area contributed by atoms with E-state index >= 15 is 0 Å². The van der Waals surface area contributed by atoms with E-state index in [-0.39, 0.29) is 12.0 Å². The number of methoxy groups -OCH3 is 1. The molecule has 0 aliphatic carbocycles. The van der Waals surface area contributed by atoms with Crippen molar-refractivity contribution in [1.82, 2.24) is 10.3 Å². The van der Waals surface area contributed by atoms with Crippen molar-refractivity contribution in [3.63, 3.8) is 0 Å². The number of hydrogen-bond acceptors (Lipinski definition) is 4. The lowest BCUT2D eigenvalue weighted by atomic mass is 10.1. The van der Waals surface area contributed by atoms with Gasteiger partial charge in [0.25, 0.3) is 5.91 Å². The first-order valence-electron chi connectivity index (χ1n) is 8.64. The molecular weight excluding hydrogens is 332 g/mol. The number of amides is 1. The van der Waals surface area contributed by atoms with Crippen molar-refractivity contribution in [2.45, 2.75) is 40.2 Å². The van der Waals surface area contributed by atoms with E-state index in [0.29, 0.717) is 35.5 Å². The molecule has 0 saturated heterocycles.